The number of aromatic hydroxyl groups is 1. The number of nitrogens with one attached hydrogen (secondary N) is 1. The first kappa shape index (κ1) is 16.5. The van der Waals surface area contributed by atoms with Crippen LogP contribution < -0.4 is 16.8 Å². The van der Waals surface area contributed by atoms with Crippen molar-refractivity contribution in [3.8, 4) is 5.75 Å². The lowest BCUT2D eigenvalue weighted by atomic mass is 10.1. The van der Waals surface area contributed by atoms with E-state index in [2.05, 4.69) is 5.32 Å². The summed E-state index contributed by atoms with van der Waals surface area (Å²) >= 11 is 0. The maximum Gasteiger partial charge on any atom is 0.240 e. The van der Waals surface area contributed by atoms with Crippen molar-refractivity contribution in [3.63, 3.8) is 0 Å². The van der Waals surface area contributed by atoms with Crippen LogP contribution in [0.2, 0.25) is 0 Å². The highest BCUT2D eigenvalue weighted by atomic mass is 16.3. The summed E-state index contributed by atoms with van der Waals surface area (Å²) in [4.78, 5) is 33.6. The van der Waals surface area contributed by atoms with Gasteiger partial charge in [0.2, 0.25) is 17.7 Å². The zero-order valence-corrected chi connectivity index (χ0v) is 11.5. The summed E-state index contributed by atoms with van der Waals surface area (Å²) in [5.41, 5.74) is 11.0. The monoisotopic (exact) mass is 293 g/mol. The fourth-order valence-electron chi connectivity index (χ4n) is 1.76. The van der Waals surface area contributed by atoms with Crippen molar-refractivity contribution >= 4 is 17.7 Å². The fraction of sp³-hybridized carbons (Fsp3) is 0.357. The molecule has 7 nitrogen and oxygen atoms in total. The topological polar surface area (TPSA) is 136 Å². The number of benzene rings is 1. The number of amides is 3. The highest BCUT2D eigenvalue weighted by Gasteiger charge is 2.18. The number of phenolic OH excluding ortho intramolecular Hbond substituents is 1. The highest BCUT2D eigenvalue weighted by Crippen LogP contribution is 2.11. The minimum Gasteiger partial charge on any atom is -0.508 e. The van der Waals surface area contributed by atoms with Gasteiger partial charge in [-0.25, -0.2) is 0 Å². The van der Waals surface area contributed by atoms with Gasteiger partial charge in [0.05, 0.1) is 0 Å². The van der Waals surface area contributed by atoms with Crippen LogP contribution in [0.4, 0.5) is 0 Å². The number of carbonyl (C=O) groups excluding carboxylic acids is 3. The Bertz CT molecular complexity index is 513. The van der Waals surface area contributed by atoms with Gasteiger partial charge < -0.3 is 21.9 Å². The van der Waals surface area contributed by atoms with Crippen LogP contribution in [0.25, 0.3) is 0 Å². The molecular formula is C14H19N3O4. The Hall–Kier alpha value is -2.57. The molecule has 0 aliphatic carbocycles. The van der Waals surface area contributed by atoms with Crippen LogP contribution in [0.3, 0.4) is 0 Å². The van der Waals surface area contributed by atoms with Gasteiger partial charge in [-0.2, -0.15) is 0 Å². The van der Waals surface area contributed by atoms with E-state index in [4.69, 9.17) is 16.6 Å². The summed E-state index contributed by atoms with van der Waals surface area (Å²) < 4.78 is 0. The molecule has 114 valence electrons. The van der Waals surface area contributed by atoms with Gasteiger partial charge >= 0.3 is 0 Å². The standard InChI is InChI=1S/C14H19N3O4/c15-12(19)7-6-11(14(16)21)17-13(20)8-3-9-1-4-10(18)5-2-9/h1-2,4-5,11,18H,3,6-8H2,(H2,15,19)(H2,16,21)(H,17,20). The minimum atomic E-state index is -0.898. The van der Waals surface area contributed by atoms with Gasteiger partial charge in [0.15, 0.2) is 0 Å². The average Bonchev–Trinajstić information content (AvgIpc) is 2.42. The summed E-state index contributed by atoms with van der Waals surface area (Å²) in [6.45, 7) is 0. The Labute approximate surface area is 122 Å². The Kier molecular flexibility index (Phi) is 6.19. The molecule has 0 spiro atoms. The number of nitrogens with two attached hydrogens (primary N) is 2. The second-order valence-electron chi connectivity index (χ2n) is 4.69. The molecule has 6 N–H and O–H groups in total. The Morgan fingerprint density at radius 3 is 2.24 bits per heavy atom. The quantitative estimate of drug-likeness (QED) is 0.516. The number of hydrogen-bond acceptors (Lipinski definition) is 4. The molecule has 0 saturated heterocycles. The molecule has 3 amide bonds. The minimum absolute atomic E-state index is 0.0220. The molecule has 0 aromatic heterocycles. The third-order valence-electron chi connectivity index (χ3n) is 2.94. The van der Waals surface area contributed by atoms with E-state index in [1.54, 1.807) is 12.1 Å². The predicted octanol–water partition coefficient (Wildman–Crippen LogP) is -0.440. The van der Waals surface area contributed by atoms with Crippen molar-refractivity contribution in [3.05, 3.63) is 29.8 Å². The number of hydrogen-bond donors (Lipinski definition) is 4. The smallest absolute Gasteiger partial charge is 0.240 e. The third kappa shape index (κ3) is 6.42. The molecule has 0 heterocycles. The Balaban J connectivity index is 2.44. The fourth-order valence-corrected chi connectivity index (χ4v) is 1.76. The first-order valence-corrected chi connectivity index (χ1v) is 6.53. The van der Waals surface area contributed by atoms with Crippen molar-refractivity contribution < 1.29 is 19.5 Å². The number of carbonyl (C=O) groups is 3. The summed E-state index contributed by atoms with van der Waals surface area (Å²) in [7, 11) is 0. The van der Waals surface area contributed by atoms with E-state index in [-0.39, 0.29) is 30.9 Å². The molecule has 21 heavy (non-hydrogen) atoms. The van der Waals surface area contributed by atoms with Gasteiger partial charge in [-0.3, -0.25) is 14.4 Å². The molecule has 1 rings (SSSR count). The lowest BCUT2D eigenvalue weighted by molar-refractivity contribution is -0.128. The van der Waals surface area contributed by atoms with E-state index in [1.807, 2.05) is 0 Å². The zero-order valence-electron chi connectivity index (χ0n) is 11.5. The summed E-state index contributed by atoms with van der Waals surface area (Å²) in [6, 6.07) is 5.59. The Morgan fingerprint density at radius 1 is 1.10 bits per heavy atom. The Morgan fingerprint density at radius 2 is 1.71 bits per heavy atom. The van der Waals surface area contributed by atoms with Gasteiger partial charge in [-0.05, 0) is 30.5 Å². The van der Waals surface area contributed by atoms with Crippen LogP contribution in [0.1, 0.15) is 24.8 Å². The molecular weight excluding hydrogens is 274 g/mol. The number of primary amides is 2. The molecule has 0 aliphatic rings. The summed E-state index contributed by atoms with van der Waals surface area (Å²) in [5.74, 6) is -1.44. The molecule has 1 aromatic rings. The molecule has 0 saturated carbocycles. The molecule has 0 bridgehead atoms. The molecule has 0 aliphatic heterocycles. The second-order valence-corrected chi connectivity index (χ2v) is 4.69. The SMILES string of the molecule is NC(=O)CCC(NC(=O)CCc1ccc(O)cc1)C(N)=O. The predicted molar refractivity (Wildman–Crippen MR) is 76.0 cm³/mol. The van der Waals surface area contributed by atoms with Gasteiger partial charge in [0.1, 0.15) is 11.8 Å². The van der Waals surface area contributed by atoms with Crippen molar-refractivity contribution in [2.75, 3.05) is 0 Å². The first-order chi connectivity index (χ1) is 9.88. The lowest BCUT2D eigenvalue weighted by Crippen LogP contribution is -2.45. The van der Waals surface area contributed by atoms with Crippen molar-refractivity contribution in [2.24, 2.45) is 11.5 Å². The number of rotatable bonds is 8. The van der Waals surface area contributed by atoms with Crippen LogP contribution in [-0.4, -0.2) is 28.9 Å². The largest absolute Gasteiger partial charge is 0.508 e. The van der Waals surface area contributed by atoms with Crippen LogP contribution in [0.15, 0.2) is 24.3 Å². The third-order valence-corrected chi connectivity index (χ3v) is 2.94. The molecule has 0 radical (unpaired) electrons. The molecule has 1 aromatic carbocycles. The van der Waals surface area contributed by atoms with Gasteiger partial charge in [0.25, 0.3) is 0 Å². The molecule has 1 unspecified atom stereocenters. The van der Waals surface area contributed by atoms with Crippen molar-refractivity contribution in [1.29, 1.82) is 0 Å². The zero-order chi connectivity index (χ0) is 15.8. The maximum atomic E-state index is 11.8. The van der Waals surface area contributed by atoms with E-state index in [0.29, 0.717) is 6.42 Å². The van der Waals surface area contributed by atoms with Crippen LogP contribution in [0.5, 0.6) is 5.75 Å². The van der Waals surface area contributed by atoms with Crippen LogP contribution in [0, 0.1) is 0 Å². The van der Waals surface area contributed by atoms with Crippen LogP contribution in [-0.2, 0) is 20.8 Å². The van der Waals surface area contributed by atoms with Gasteiger partial charge in [0, 0.05) is 12.8 Å². The lowest BCUT2D eigenvalue weighted by Gasteiger charge is -2.14. The van der Waals surface area contributed by atoms with Gasteiger partial charge in [-0.15, -0.1) is 0 Å². The van der Waals surface area contributed by atoms with Gasteiger partial charge in [-0.1, -0.05) is 12.1 Å². The number of phenols is 1. The van der Waals surface area contributed by atoms with Crippen LogP contribution >= 0.6 is 0 Å². The van der Waals surface area contributed by atoms with E-state index in [0.717, 1.165) is 5.56 Å². The van der Waals surface area contributed by atoms with E-state index in [9.17, 15) is 14.4 Å². The molecule has 0 fully saturated rings. The summed E-state index contributed by atoms with van der Waals surface area (Å²) in [5, 5.41) is 11.6. The van der Waals surface area contributed by atoms with E-state index in [1.165, 1.54) is 12.1 Å². The van der Waals surface area contributed by atoms with E-state index >= 15 is 0 Å². The van der Waals surface area contributed by atoms with Crippen molar-refractivity contribution in [2.45, 2.75) is 31.7 Å². The van der Waals surface area contributed by atoms with Crippen molar-refractivity contribution in [1.82, 2.24) is 5.32 Å². The van der Waals surface area contributed by atoms with E-state index < -0.39 is 17.9 Å². The average molecular weight is 293 g/mol. The second kappa shape index (κ2) is 7.88. The molecule has 7 heteroatoms. The maximum absolute atomic E-state index is 11.8. The highest BCUT2D eigenvalue weighted by molar-refractivity contribution is 5.87. The number of aryl methyl sites for hydroxylation is 1. The molecule has 1 atom stereocenters. The normalized spacial score (nSPS) is 11.6. The summed E-state index contributed by atoms with van der Waals surface area (Å²) in [6.07, 6.45) is 0.708. The first-order valence-electron chi connectivity index (χ1n) is 6.53.